The van der Waals surface area contributed by atoms with Crippen molar-refractivity contribution in [2.45, 2.75) is 13.0 Å². The minimum atomic E-state index is -2.30. The molecule has 0 amide bonds. The monoisotopic (exact) mass is 258 g/mol. The summed E-state index contributed by atoms with van der Waals surface area (Å²) in [5.74, 6) is 0. The van der Waals surface area contributed by atoms with Crippen molar-refractivity contribution in [1.29, 1.82) is 0 Å². The minimum Gasteiger partial charge on any atom is -0.321 e. The van der Waals surface area contributed by atoms with Crippen LogP contribution in [0, 0.1) is 3.83 Å². The number of rotatable bonds is 2. The first-order chi connectivity index (χ1) is 4.70. The third kappa shape index (κ3) is 1.89. The van der Waals surface area contributed by atoms with Crippen molar-refractivity contribution >= 4 is 22.6 Å². The second-order valence-corrected chi connectivity index (χ2v) is 2.70. The molecule has 1 aromatic rings. The molecule has 5 heteroatoms. The van der Waals surface area contributed by atoms with Crippen LogP contribution in [0.4, 0.5) is 8.78 Å². The minimum absolute atomic E-state index is 0.266. The second kappa shape index (κ2) is 3.27. The van der Waals surface area contributed by atoms with Gasteiger partial charge in [-0.1, -0.05) is 0 Å². The summed E-state index contributed by atoms with van der Waals surface area (Å²) in [5, 5.41) is 0. The van der Waals surface area contributed by atoms with Crippen molar-refractivity contribution in [3.8, 4) is 0 Å². The summed E-state index contributed by atoms with van der Waals surface area (Å²) in [6, 6.07) is 0. The Hall–Kier alpha value is -0.200. The van der Waals surface area contributed by atoms with E-state index in [9.17, 15) is 8.78 Å². The average molecular weight is 258 g/mol. The third-order valence-corrected chi connectivity index (χ3v) is 1.90. The fourth-order valence-corrected chi connectivity index (χ4v) is 1.11. The van der Waals surface area contributed by atoms with Gasteiger partial charge in [0.05, 0.1) is 6.54 Å². The van der Waals surface area contributed by atoms with Crippen LogP contribution in [-0.2, 0) is 6.54 Å². The van der Waals surface area contributed by atoms with Gasteiger partial charge in [0.15, 0.2) is 3.83 Å². The van der Waals surface area contributed by atoms with Gasteiger partial charge in [0, 0.05) is 12.4 Å². The van der Waals surface area contributed by atoms with Crippen LogP contribution in [0.25, 0.3) is 0 Å². The molecule has 0 saturated carbocycles. The normalized spacial score (nSPS) is 10.8. The standard InChI is InChI=1S/C5H5F2IN2/c6-4(7)3-10-2-1-9-5(10)8/h1-2,4H,3H2. The number of hydrogen-bond donors (Lipinski definition) is 0. The van der Waals surface area contributed by atoms with E-state index in [0.717, 1.165) is 0 Å². The van der Waals surface area contributed by atoms with E-state index < -0.39 is 6.43 Å². The highest BCUT2D eigenvalue weighted by molar-refractivity contribution is 14.1. The lowest BCUT2D eigenvalue weighted by atomic mass is 10.6. The largest absolute Gasteiger partial charge is 0.321 e. The number of alkyl halides is 2. The fraction of sp³-hybridized carbons (Fsp3) is 0.400. The van der Waals surface area contributed by atoms with E-state index in [-0.39, 0.29) is 6.54 Å². The first-order valence-corrected chi connectivity index (χ1v) is 3.73. The topological polar surface area (TPSA) is 17.8 Å². The summed E-state index contributed by atoms with van der Waals surface area (Å²) < 4.78 is 25.5. The van der Waals surface area contributed by atoms with Crippen molar-refractivity contribution in [2.24, 2.45) is 0 Å². The van der Waals surface area contributed by atoms with E-state index in [0.29, 0.717) is 3.83 Å². The molecule has 0 aliphatic carbocycles. The SMILES string of the molecule is FC(F)Cn1ccnc1I. The summed E-state index contributed by atoms with van der Waals surface area (Å²) >= 11 is 1.91. The number of nitrogens with zero attached hydrogens (tertiary/aromatic N) is 2. The molecule has 0 spiro atoms. The van der Waals surface area contributed by atoms with E-state index in [1.807, 2.05) is 22.6 Å². The van der Waals surface area contributed by atoms with Crippen molar-refractivity contribution in [1.82, 2.24) is 9.55 Å². The molecule has 1 rings (SSSR count). The highest BCUT2D eigenvalue weighted by atomic mass is 127. The Bertz CT molecular complexity index is 211. The van der Waals surface area contributed by atoms with Gasteiger partial charge in [0.1, 0.15) is 0 Å². The maximum atomic E-state index is 11.7. The van der Waals surface area contributed by atoms with Gasteiger partial charge in [0.25, 0.3) is 6.43 Å². The molecule has 0 saturated heterocycles. The molecule has 10 heavy (non-hydrogen) atoms. The van der Waals surface area contributed by atoms with Gasteiger partial charge in [-0.15, -0.1) is 0 Å². The first kappa shape index (κ1) is 7.90. The van der Waals surface area contributed by atoms with Crippen molar-refractivity contribution in [2.75, 3.05) is 0 Å². The fourth-order valence-electron chi connectivity index (χ4n) is 0.596. The molecule has 0 unspecified atom stereocenters. The Labute approximate surface area is 70.4 Å². The molecule has 0 aliphatic rings. The molecule has 0 aromatic carbocycles. The first-order valence-electron chi connectivity index (χ1n) is 2.65. The predicted molar refractivity (Wildman–Crippen MR) is 40.9 cm³/mol. The molecule has 2 nitrogen and oxygen atoms in total. The van der Waals surface area contributed by atoms with E-state index in [2.05, 4.69) is 4.98 Å². The number of hydrogen-bond acceptors (Lipinski definition) is 1. The smallest absolute Gasteiger partial charge is 0.256 e. The summed E-state index contributed by atoms with van der Waals surface area (Å²) in [6.07, 6.45) is 0.737. The lowest BCUT2D eigenvalue weighted by Gasteiger charge is -2.00. The van der Waals surface area contributed by atoms with Crippen LogP contribution in [0.5, 0.6) is 0 Å². The van der Waals surface area contributed by atoms with Crippen LogP contribution in [0.15, 0.2) is 12.4 Å². The second-order valence-electron chi connectivity index (χ2n) is 1.74. The molecule has 1 heterocycles. The number of imidazole rings is 1. The molecule has 0 atom stereocenters. The molecular formula is C5H5F2IN2. The molecule has 0 bridgehead atoms. The predicted octanol–water partition coefficient (Wildman–Crippen LogP) is 1.75. The van der Waals surface area contributed by atoms with Crippen LogP contribution < -0.4 is 0 Å². The summed E-state index contributed by atoms with van der Waals surface area (Å²) in [7, 11) is 0. The summed E-state index contributed by atoms with van der Waals surface area (Å²) in [5.41, 5.74) is 0. The van der Waals surface area contributed by atoms with E-state index in [1.54, 1.807) is 0 Å². The lowest BCUT2D eigenvalue weighted by Crippen LogP contribution is -2.06. The van der Waals surface area contributed by atoms with Crippen LogP contribution in [0.1, 0.15) is 0 Å². The maximum absolute atomic E-state index is 11.7. The zero-order chi connectivity index (χ0) is 7.56. The zero-order valence-corrected chi connectivity index (χ0v) is 7.12. The Kier molecular flexibility index (Phi) is 2.58. The van der Waals surface area contributed by atoms with Crippen molar-refractivity contribution in [3.63, 3.8) is 0 Å². The number of aromatic nitrogens is 2. The molecule has 1 aromatic heterocycles. The highest BCUT2D eigenvalue weighted by Crippen LogP contribution is 2.04. The lowest BCUT2D eigenvalue weighted by molar-refractivity contribution is 0.125. The Morgan fingerprint density at radius 3 is 2.80 bits per heavy atom. The molecule has 0 N–H and O–H groups in total. The van der Waals surface area contributed by atoms with Gasteiger partial charge in [-0.2, -0.15) is 0 Å². The summed E-state index contributed by atoms with van der Waals surface area (Å²) in [6.45, 7) is -0.266. The van der Waals surface area contributed by atoms with Gasteiger partial charge < -0.3 is 4.57 Å². The van der Waals surface area contributed by atoms with Crippen LogP contribution in [-0.4, -0.2) is 16.0 Å². The maximum Gasteiger partial charge on any atom is 0.256 e. The van der Waals surface area contributed by atoms with E-state index in [1.165, 1.54) is 17.0 Å². The molecular weight excluding hydrogens is 253 g/mol. The molecule has 56 valence electrons. The third-order valence-electron chi connectivity index (χ3n) is 0.999. The van der Waals surface area contributed by atoms with E-state index >= 15 is 0 Å². The molecule has 0 aliphatic heterocycles. The van der Waals surface area contributed by atoms with Crippen molar-refractivity contribution < 1.29 is 8.78 Å². The van der Waals surface area contributed by atoms with Gasteiger partial charge in [0.2, 0.25) is 0 Å². The Balaban J connectivity index is 2.65. The quantitative estimate of drug-likeness (QED) is 0.739. The van der Waals surface area contributed by atoms with Gasteiger partial charge in [-0.25, -0.2) is 13.8 Å². The number of halogens is 3. The Morgan fingerprint density at radius 1 is 1.70 bits per heavy atom. The zero-order valence-electron chi connectivity index (χ0n) is 4.97. The van der Waals surface area contributed by atoms with Gasteiger partial charge >= 0.3 is 0 Å². The van der Waals surface area contributed by atoms with Crippen LogP contribution >= 0.6 is 22.6 Å². The highest BCUT2D eigenvalue weighted by Gasteiger charge is 2.05. The van der Waals surface area contributed by atoms with E-state index in [4.69, 9.17) is 0 Å². The van der Waals surface area contributed by atoms with Crippen molar-refractivity contribution in [3.05, 3.63) is 16.2 Å². The van der Waals surface area contributed by atoms with Crippen LogP contribution in [0.3, 0.4) is 0 Å². The Morgan fingerprint density at radius 2 is 2.40 bits per heavy atom. The molecule has 0 radical (unpaired) electrons. The molecule has 0 fully saturated rings. The average Bonchev–Trinajstić information content (AvgIpc) is 2.15. The van der Waals surface area contributed by atoms with Crippen LogP contribution in [0.2, 0.25) is 0 Å². The van der Waals surface area contributed by atoms with Gasteiger partial charge in [-0.05, 0) is 22.6 Å². The summed E-state index contributed by atoms with van der Waals surface area (Å²) in [4.78, 5) is 3.79. The van der Waals surface area contributed by atoms with Gasteiger partial charge in [-0.3, -0.25) is 0 Å².